The van der Waals surface area contributed by atoms with Gasteiger partial charge in [-0.15, -0.1) is 0 Å². The van der Waals surface area contributed by atoms with Crippen LogP contribution in [0.5, 0.6) is 11.5 Å². The van der Waals surface area contributed by atoms with Crippen LogP contribution in [-0.2, 0) is 6.42 Å². The minimum absolute atomic E-state index is 0.115. The molecule has 0 spiro atoms. The Kier molecular flexibility index (Phi) is 3.79. The van der Waals surface area contributed by atoms with Crippen LogP contribution in [0.3, 0.4) is 0 Å². The first-order chi connectivity index (χ1) is 9.22. The smallest absolute Gasteiger partial charge is 0.252 e. The number of rotatable bonds is 4. The highest BCUT2D eigenvalue weighted by Gasteiger charge is 2.15. The highest BCUT2D eigenvalue weighted by atomic mass is 16.5. The number of benzene rings is 2. The summed E-state index contributed by atoms with van der Waals surface area (Å²) in [5.41, 5.74) is 6.20. The number of nitriles is 1. The van der Waals surface area contributed by atoms with Crippen molar-refractivity contribution >= 4 is 5.91 Å². The molecule has 0 atom stereocenters. The van der Waals surface area contributed by atoms with E-state index in [1.807, 2.05) is 24.3 Å². The molecule has 2 rings (SSSR count). The van der Waals surface area contributed by atoms with Gasteiger partial charge in [-0.2, -0.15) is 5.26 Å². The van der Waals surface area contributed by atoms with Crippen molar-refractivity contribution in [3.8, 4) is 17.6 Å². The average Bonchev–Trinajstić information content (AvgIpc) is 2.40. The molecule has 0 aliphatic rings. The molecule has 0 unspecified atom stereocenters. The molecule has 0 aliphatic heterocycles. The quantitative estimate of drug-likeness (QED) is 0.908. The van der Waals surface area contributed by atoms with Gasteiger partial charge in [0.25, 0.3) is 5.91 Å². The van der Waals surface area contributed by atoms with Crippen LogP contribution in [0.25, 0.3) is 0 Å². The molecular weight excluding hydrogens is 240 g/mol. The van der Waals surface area contributed by atoms with Gasteiger partial charge in [0.2, 0.25) is 0 Å². The number of carbonyl (C=O) groups is 1. The highest BCUT2D eigenvalue weighted by molar-refractivity contribution is 5.97. The SMILES string of the molecule is N#CCc1cccc(Oc2ccccc2)c1C(N)=O. The number of carbonyl (C=O) groups excluding carboxylic acids is 1. The molecule has 2 aromatic carbocycles. The predicted molar refractivity (Wildman–Crippen MR) is 70.8 cm³/mol. The zero-order valence-electron chi connectivity index (χ0n) is 10.2. The van der Waals surface area contributed by atoms with Crippen molar-refractivity contribution in [2.24, 2.45) is 5.73 Å². The molecule has 4 nitrogen and oxygen atoms in total. The van der Waals surface area contributed by atoms with Gasteiger partial charge in [-0.3, -0.25) is 4.79 Å². The van der Waals surface area contributed by atoms with Gasteiger partial charge in [-0.05, 0) is 23.8 Å². The molecule has 0 saturated carbocycles. The summed E-state index contributed by atoms with van der Waals surface area (Å²) in [6.07, 6.45) is 0.115. The van der Waals surface area contributed by atoms with Crippen molar-refractivity contribution in [1.82, 2.24) is 0 Å². The van der Waals surface area contributed by atoms with E-state index in [-0.39, 0.29) is 12.0 Å². The number of amides is 1. The lowest BCUT2D eigenvalue weighted by Gasteiger charge is -2.11. The molecule has 0 heterocycles. The zero-order chi connectivity index (χ0) is 13.7. The van der Waals surface area contributed by atoms with Crippen molar-refractivity contribution in [2.45, 2.75) is 6.42 Å². The molecular formula is C15H12N2O2. The van der Waals surface area contributed by atoms with Gasteiger partial charge < -0.3 is 10.5 Å². The van der Waals surface area contributed by atoms with Gasteiger partial charge in [0.15, 0.2) is 0 Å². The molecule has 19 heavy (non-hydrogen) atoms. The van der Waals surface area contributed by atoms with Gasteiger partial charge in [-0.25, -0.2) is 0 Å². The monoisotopic (exact) mass is 252 g/mol. The van der Waals surface area contributed by atoms with E-state index in [2.05, 4.69) is 0 Å². The van der Waals surface area contributed by atoms with E-state index in [1.54, 1.807) is 30.3 Å². The maximum Gasteiger partial charge on any atom is 0.252 e. The van der Waals surface area contributed by atoms with Crippen molar-refractivity contribution < 1.29 is 9.53 Å². The Bertz CT molecular complexity index is 630. The summed E-state index contributed by atoms with van der Waals surface area (Å²) in [7, 11) is 0. The lowest BCUT2D eigenvalue weighted by molar-refractivity contribution is 0.0997. The Morgan fingerprint density at radius 3 is 2.53 bits per heavy atom. The zero-order valence-corrected chi connectivity index (χ0v) is 10.2. The molecule has 2 N–H and O–H groups in total. The van der Waals surface area contributed by atoms with E-state index in [9.17, 15) is 4.79 Å². The summed E-state index contributed by atoms with van der Waals surface area (Å²) in [6, 6.07) is 16.2. The van der Waals surface area contributed by atoms with E-state index in [0.29, 0.717) is 17.1 Å². The van der Waals surface area contributed by atoms with Gasteiger partial charge in [0.1, 0.15) is 11.5 Å². The minimum Gasteiger partial charge on any atom is -0.457 e. The Morgan fingerprint density at radius 1 is 1.16 bits per heavy atom. The fourth-order valence-corrected chi connectivity index (χ4v) is 1.79. The van der Waals surface area contributed by atoms with Crippen molar-refractivity contribution in [3.63, 3.8) is 0 Å². The van der Waals surface area contributed by atoms with Crippen LogP contribution in [0, 0.1) is 11.3 Å². The third-order valence-electron chi connectivity index (χ3n) is 2.60. The maximum atomic E-state index is 11.5. The molecule has 2 aromatic rings. The van der Waals surface area contributed by atoms with Gasteiger partial charge in [0.05, 0.1) is 18.1 Å². The third-order valence-corrected chi connectivity index (χ3v) is 2.60. The fourth-order valence-electron chi connectivity index (χ4n) is 1.79. The van der Waals surface area contributed by atoms with Crippen molar-refractivity contribution in [1.29, 1.82) is 5.26 Å². The molecule has 0 radical (unpaired) electrons. The van der Waals surface area contributed by atoms with Crippen LogP contribution in [-0.4, -0.2) is 5.91 Å². The highest BCUT2D eigenvalue weighted by Crippen LogP contribution is 2.27. The second-order valence-electron chi connectivity index (χ2n) is 3.90. The number of para-hydroxylation sites is 1. The molecule has 1 amide bonds. The Hall–Kier alpha value is -2.80. The van der Waals surface area contributed by atoms with E-state index < -0.39 is 5.91 Å². The maximum absolute atomic E-state index is 11.5. The minimum atomic E-state index is -0.600. The molecule has 4 heteroatoms. The van der Waals surface area contributed by atoms with E-state index in [1.165, 1.54) is 0 Å². The first-order valence-corrected chi connectivity index (χ1v) is 5.74. The Labute approximate surface area is 111 Å². The number of hydrogen-bond acceptors (Lipinski definition) is 3. The average molecular weight is 252 g/mol. The summed E-state index contributed by atoms with van der Waals surface area (Å²) in [6.45, 7) is 0. The summed E-state index contributed by atoms with van der Waals surface area (Å²) in [5.74, 6) is 0.377. The molecule has 0 aromatic heterocycles. The number of primary amides is 1. The first-order valence-electron chi connectivity index (χ1n) is 5.74. The van der Waals surface area contributed by atoms with Crippen LogP contribution >= 0.6 is 0 Å². The van der Waals surface area contributed by atoms with E-state index in [0.717, 1.165) is 0 Å². The summed E-state index contributed by atoms with van der Waals surface area (Å²) in [5, 5.41) is 8.76. The van der Waals surface area contributed by atoms with Crippen LogP contribution in [0.15, 0.2) is 48.5 Å². The van der Waals surface area contributed by atoms with Crippen molar-refractivity contribution in [3.05, 3.63) is 59.7 Å². The number of hydrogen-bond donors (Lipinski definition) is 1. The Balaban J connectivity index is 2.43. The van der Waals surface area contributed by atoms with Crippen LogP contribution in [0.1, 0.15) is 15.9 Å². The van der Waals surface area contributed by atoms with E-state index in [4.69, 9.17) is 15.7 Å². The molecule has 0 bridgehead atoms. The number of ether oxygens (including phenoxy) is 1. The van der Waals surface area contributed by atoms with Crippen LogP contribution in [0.2, 0.25) is 0 Å². The van der Waals surface area contributed by atoms with Gasteiger partial charge in [0, 0.05) is 0 Å². The van der Waals surface area contributed by atoms with Gasteiger partial charge in [-0.1, -0.05) is 30.3 Å². The summed E-state index contributed by atoms with van der Waals surface area (Å²) in [4.78, 5) is 11.5. The number of nitrogens with zero attached hydrogens (tertiary/aromatic N) is 1. The fraction of sp³-hybridized carbons (Fsp3) is 0.0667. The second kappa shape index (κ2) is 5.69. The van der Waals surface area contributed by atoms with Crippen LogP contribution in [0.4, 0.5) is 0 Å². The molecule has 0 fully saturated rings. The molecule has 0 saturated heterocycles. The molecule has 94 valence electrons. The number of nitrogens with two attached hydrogens (primary N) is 1. The van der Waals surface area contributed by atoms with Crippen LogP contribution < -0.4 is 10.5 Å². The lowest BCUT2D eigenvalue weighted by Crippen LogP contribution is -2.15. The van der Waals surface area contributed by atoms with Gasteiger partial charge >= 0.3 is 0 Å². The summed E-state index contributed by atoms with van der Waals surface area (Å²) >= 11 is 0. The van der Waals surface area contributed by atoms with E-state index >= 15 is 0 Å². The largest absolute Gasteiger partial charge is 0.457 e. The molecule has 0 aliphatic carbocycles. The second-order valence-corrected chi connectivity index (χ2v) is 3.90. The summed E-state index contributed by atoms with van der Waals surface area (Å²) < 4.78 is 5.65. The third kappa shape index (κ3) is 2.90. The lowest BCUT2D eigenvalue weighted by atomic mass is 10.0. The standard InChI is InChI=1S/C15H12N2O2/c16-10-9-11-5-4-8-13(14(11)15(17)18)19-12-6-2-1-3-7-12/h1-8H,9H2,(H2,17,18). The Morgan fingerprint density at radius 2 is 1.89 bits per heavy atom. The predicted octanol–water partition coefficient (Wildman–Crippen LogP) is 2.64. The van der Waals surface area contributed by atoms with Crippen molar-refractivity contribution in [2.75, 3.05) is 0 Å². The first kappa shape index (κ1) is 12.7. The topological polar surface area (TPSA) is 76.1 Å². The normalized spacial score (nSPS) is 9.63.